The minimum Gasteiger partial charge on any atom is -0.396 e. The van der Waals surface area contributed by atoms with E-state index in [-0.39, 0.29) is 24.0 Å². The number of hydrogen-bond acceptors (Lipinski definition) is 3. The van der Waals surface area contributed by atoms with Gasteiger partial charge in [0, 0.05) is 32.7 Å². The Hall–Kier alpha value is -0.610. The molecule has 0 saturated carbocycles. The molecule has 0 aliphatic heterocycles. The second kappa shape index (κ2) is 6.80. The van der Waals surface area contributed by atoms with Crippen molar-refractivity contribution in [2.75, 3.05) is 20.2 Å². The minimum atomic E-state index is 0.0509. The number of carbonyl (C=O) groups is 1. The average molecular weight is 216 g/mol. The van der Waals surface area contributed by atoms with Crippen molar-refractivity contribution in [2.24, 2.45) is 5.41 Å². The smallest absolute Gasteiger partial charge is 0.221 e. The number of aliphatic hydroxyl groups excluding tert-OH is 1. The first-order valence-electron chi connectivity index (χ1n) is 5.46. The highest BCUT2D eigenvalue weighted by atomic mass is 16.3. The van der Waals surface area contributed by atoms with Gasteiger partial charge in [0.25, 0.3) is 0 Å². The van der Waals surface area contributed by atoms with Gasteiger partial charge in [-0.1, -0.05) is 13.8 Å². The average Bonchev–Trinajstić information content (AvgIpc) is 2.15. The second-order valence-corrected chi connectivity index (χ2v) is 4.80. The molecular weight excluding hydrogens is 192 g/mol. The van der Waals surface area contributed by atoms with Crippen molar-refractivity contribution in [1.82, 2.24) is 10.6 Å². The molecule has 90 valence electrons. The van der Waals surface area contributed by atoms with Crippen molar-refractivity contribution in [2.45, 2.75) is 39.7 Å². The lowest BCUT2D eigenvalue weighted by atomic mass is 9.89. The molecule has 0 aromatic heterocycles. The summed E-state index contributed by atoms with van der Waals surface area (Å²) in [6, 6.07) is 0.169. The fourth-order valence-electron chi connectivity index (χ4n) is 1.29. The number of rotatable bonds is 7. The molecule has 0 aromatic rings. The third-order valence-electron chi connectivity index (χ3n) is 2.49. The van der Waals surface area contributed by atoms with Crippen LogP contribution in [0.2, 0.25) is 0 Å². The summed E-state index contributed by atoms with van der Waals surface area (Å²) < 4.78 is 0. The Balaban J connectivity index is 3.79. The van der Waals surface area contributed by atoms with Crippen LogP contribution in [0.4, 0.5) is 0 Å². The fourth-order valence-corrected chi connectivity index (χ4v) is 1.29. The van der Waals surface area contributed by atoms with Crippen LogP contribution < -0.4 is 10.6 Å². The van der Waals surface area contributed by atoms with Crippen molar-refractivity contribution < 1.29 is 9.90 Å². The van der Waals surface area contributed by atoms with Gasteiger partial charge >= 0.3 is 0 Å². The van der Waals surface area contributed by atoms with Crippen molar-refractivity contribution in [3.63, 3.8) is 0 Å². The van der Waals surface area contributed by atoms with Gasteiger partial charge in [0.15, 0.2) is 0 Å². The highest BCUT2D eigenvalue weighted by Gasteiger charge is 2.18. The zero-order valence-electron chi connectivity index (χ0n) is 10.3. The maximum atomic E-state index is 11.1. The maximum absolute atomic E-state index is 11.1. The summed E-state index contributed by atoms with van der Waals surface area (Å²) in [5.41, 5.74) is 0.0751. The van der Waals surface area contributed by atoms with Crippen LogP contribution >= 0.6 is 0 Å². The fraction of sp³-hybridized carbons (Fsp3) is 0.909. The van der Waals surface area contributed by atoms with Crippen LogP contribution in [0.5, 0.6) is 0 Å². The van der Waals surface area contributed by atoms with Crippen LogP contribution in [0.1, 0.15) is 33.6 Å². The predicted octanol–water partition coefficient (Wildman–Crippen LogP) is 0.509. The molecule has 0 aliphatic carbocycles. The molecule has 0 spiro atoms. The molecule has 4 heteroatoms. The van der Waals surface area contributed by atoms with Crippen LogP contribution in [-0.2, 0) is 4.79 Å². The highest BCUT2D eigenvalue weighted by molar-refractivity contribution is 5.76. The largest absolute Gasteiger partial charge is 0.396 e. The van der Waals surface area contributed by atoms with Gasteiger partial charge in [0.1, 0.15) is 0 Å². The van der Waals surface area contributed by atoms with Gasteiger partial charge < -0.3 is 15.7 Å². The molecule has 0 aromatic carbocycles. The molecule has 15 heavy (non-hydrogen) atoms. The topological polar surface area (TPSA) is 61.4 Å². The summed E-state index contributed by atoms with van der Waals surface area (Å²) in [5.74, 6) is 0.0509. The quantitative estimate of drug-likeness (QED) is 0.581. The molecule has 1 unspecified atom stereocenters. The van der Waals surface area contributed by atoms with E-state index in [0.717, 1.165) is 13.0 Å². The van der Waals surface area contributed by atoms with E-state index in [9.17, 15) is 4.79 Å². The van der Waals surface area contributed by atoms with Gasteiger partial charge in [0.05, 0.1) is 0 Å². The highest BCUT2D eigenvalue weighted by Crippen LogP contribution is 2.18. The molecule has 0 radical (unpaired) electrons. The van der Waals surface area contributed by atoms with Crippen LogP contribution in [0, 0.1) is 5.41 Å². The summed E-state index contributed by atoms with van der Waals surface area (Å²) in [7, 11) is 1.64. The van der Waals surface area contributed by atoms with E-state index in [1.54, 1.807) is 7.05 Å². The monoisotopic (exact) mass is 216 g/mol. The van der Waals surface area contributed by atoms with E-state index in [1.807, 2.05) is 6.92 Å². The summed E-state index contributed by atoms with van der Waals surface area (Å²) in [6.45, 7) is 7.21. The van der Waals surface area contributed by atoms with E-state index in [1.165, 1.54) is 0 Å². The lowest BCUT2D eigenvalue weighted by molar-refractivity contribution is -0.121. The molecule has 0 saturated heterocycles. The van der Waals surface area contributed by atoms with Gasteiger partial charge in [-0.3, -0.25) is 4.79 Å². The van der Waals surface area contributed by atoms with E-state index < -0.39 is 0 Å². The SMILES string of the molecule is CNC(=O)CC(C)NCC(C)(C)CCO. The van der Waals surface area contributed by atoms with Crippen molar-refractivity contribution >= 4 is 5.91 Å². The molecule has 3 N–H and O–H groups in total. The predicted molar refractivity (Wildman–Crippen MR) is 61.6 cm³/mol. The Morgan fingerprint density at radius 2 is 2.07 bits per heavy atom. The number of nitrogens with one attached hydrogen (secondary N) is 2. The summed E-state index contributed by atoms with van der Waals surface area (Å²) in [4.78, 5) is 11.1. The molecule has 4 nitrogen and oxygen atoms in total. The Bertz CT molecular complexity index is 193. The molecular formula is C11H24N2O2. The lowest BCUT2D eigenvalue weighted by Crippen LogP contribution is -2.38. The van der Waals surface area contributed by atoms with Crippen molar-refractivity contribution in [1.29, 1.82) is 0 Å². The van der Waals surface area contributed by atoms with E-state index in [0.29, 0.717) is 6.42 Å². The third-order valence-corrected chi connectivity index (χ3v) is 2.49. The molecule has 1 amide bonds. The summed E-state index contributed by atoms with van der Waals surface area (Å²) >= 11 is 0. The maximum Gasteiger partial charge on any atom is 0.221 e. The normalized spacial score (nSPS) is 13.7. The van der Waals surface area contributed by atoms with Gasteiger partial charge in [-0.15, -0.1) is 0 Å². The number of amides is 1. The Morgan fingerprint density at radius 1 is 1.47 bits per heavy atom. The van der Waals surface area contributed by atoms with Gasteiger partial charge in [-0.25, -0.2) is 0 Å². The van der Waals surface area contributed by atoms with E-state index in [4.69, 9.17) is 5.11 Å². The molecule has 0 heterocycles. The number of carbonyl (C=O) groups excluding carboxylic acids is 1. The Kier molecular flexibility index (Phi) is 6.52. The molecule has 0 aliphatic rings. The van der Waals surface area contributed by atoms with Crippen LogP contribution in [0.3, 0.4) is 0 Å². The van der Waals surface area contributed by atoms with Gasteiger partial charge in [-0.05, 0) is 18.8 Å². The molecule has 0 rings (SSSR count). The zero-order valence-corrected chi connectivity index (χ0v) is 10.3. The molecule has 0 fully saturated rings. The lowest BCUT2D eigenvalue weighted by Gasteiger charge is -2.26. The van der Waals surface area contributed by atoms with Gasteiger partial charge in [-0.2, -0.15) is 0 Å². The van der Waals surface area contributed by atoms with Gasteiger partial charge in [0.2, 0.25) is 5.91 Å². The van der Waals surface area contributed by atoms with Crippen molar-refractivity contribution in [3.05, 3.63) is 0 Å². The molecule has 1 atom stereocenters. The molecule has 0 bridgehead atoms. The summed E-state index contributed by atoms with van der Waals surface area (Å²) in [6.07, 6.45) is 1.26. The Morgan fingerprint density at radius 3 is 2.53 bits per heavy atom. The number of aliphatic hydroxyl groups is 1. The van der Waals surface area contributed by atoms with Crippen LogP contribution in [0.25, 0.3) is 0 Å². The first-order valence-corrected chi connectivity index (χ1v) is 5.46. The second-order valence-electron chi connectivity index (χ2n) is 4.80. The first-order chi connectivity index (χ1) is 6.91. The van der Waals surface area contributed by atoms with Crippen molar-refractivity contribution in [3.8, 4) is 0 Å². The summed E-state index contributed by atoms with van der Waals surface area (Å²) in [5, 5.41) is 14.8. The third kappa shape index (κ3) is 7.33. The number of hydrogen-bond donors (Lipinski definition) is 3. The van der Waals surface area contributed by atoms with Crippen LogP contribution in [-0.4, -0.2) is 37.3 Å². The van der Waals surface area contributed by atoms with Crippen LogP contribution in [0.15, 0.2) is 0 Å². The Labute approximate surface area is 92.4 Å². The standard InChI is InChI=1S/C11H24N2O2/c1-9(7-10(15)12-4)13-8-11(2,3)5-6-14/h9,13-14H,5-8H2,1-4H3,(H,12,15). The van der Waals surface area contributed by atoms with E-state index in [2.05, 4.69) is 24.5 Å². The first kappa shape index (κ1) is 14.4. The minimum absolute atomic E-state index is 0.0509. The zero-order chi connectivity index (χ0) is 11.9. The van der Waals surface area contributed by atoms with E-state index >= 15 is 0 Å².